The number of imidazole rings is 1. The lowest BCUT2D eigenvalue weighted by atomic mass is 9.98. The molecular weight excluding hydrogens is 214 g/mol. The van der Waals surface area contributed by atoms with Gasteiger partial charge >= 0.3 is 0 Å². The van der Waals surface area contributed by atoms with E-state index in [9.17, 15) is 0 Å². The second kappa shape index (κ2) is 7.33. The Morgan fingerprint density at radius 3 is 2.82 bits per heavy atom. The van der Waals surface area contributed by atoms with Crippen molar-refractivity contribution in [2.75, 3.05) is 25.6 Å². The fourth-order valence-corrected chi connectivity index (χ4v) is 1.56. The Balaban J connectivity index is 2.42. The van der Waals surface area contributed by atoms with Crippen LogP contribution in [0.25, 0.3) is 0 Å². The zero-order valence-corrected chi connectivity index (χ0v) is 11.4. The topological polar surface area (TPSA) is 39.1 Å². The van der Waals surface area contributed by atoms with Crippen LogP contribution in [0.2, 0.25) is 0 Å². The van der Waals surface area contributed by atoms with Crippen molar-refractivity contribution in [3.05, 3.63) is 12.4 Å². The number of hydrogen-bond donors (Lipinski definition) is 1. The lowest BCUT2D eigenvalue weighted by Crippen LogP contribution is -2.16. The predicted molar refractivity (Wildman–Crippen MR) is 71.2 cm³/mol. The summed E-state index contributed by atoms with van der Waals surface area (Å²) in [6, 6.07) is 0. The average Bonchev–Trinajstić information content (AvgIpc) is 2.72. The van der Waals surface area contributed by atoms with Gasteiger partial charge in [0.05, 0.1) is 0 Å². The molecule has 0 spiro atoms. The SMILES string of the molecule is COCCCNc1nccn1CC(C)C(C)C. The monoisotopic (exact) mass is 239 g/mol. The molecule has 0 aliphatic carbocycles. The molecule has 1 rings (SSSR count). The molecule has 1 heterocycles. The smallest absolute Gasteiger partial charge is 0.202 e. The molecule has 0 radical (unpaired) electrons. The van der Waals surface area contributed by atoms with E-state index < -0.39 is 0 Å². The quantitative estimate of drug-likeness (QED) is 0.709. The number of rotatable bonds is 8. The third kappa shape index (κ3) is 4.77. The summed E-state index contributed by atoms with van der Waals surface area (Å²) in [5.74, 6) is 2.32. The van der Waals surface area contributed by atoms with Gasteiger partial charge in [-0.3, -0.25) is 0 Å². The number of nitrogens with one attached hydrogen (secondary N) is 1. The summed E-state index contributed by atoms with van der Waals surface area (Å²) in [6.07, 6.45) is 4.90. The average molecular weight is 239 g/mol. The van der Waals surface area contributed by atoms with E-state index >= 15 is 0 Å². The second-order valence-electron chi connectivity index (χ2n) is 4.90. The Labute approximate surface area is 104 Å². The first kappa shape index (κ1) is 14.0. The first-order valence-electron chi connectivity index (χ1n) is 6.39. The highest BCUT2D eigenvalue weighted by Gasteiger charge is 2.10. The fraction of sp³-hybridized carbons (Fsp3) is 0.769. The van der Waals surface area contributed by atoms with Crippen LogP contribution in [-0.4, -0.2) is 29.8 Å². The molecule has 0 saturated carbocycles. The summed E-state index contributed by atoms with van der Waals surface area (Å²) in [4.78, 5) is 4.34. The summed E-state index contributed by atoms with van der Waals surface area (Å²) >= 11 is 0. The zero-order chi connectivity index (χ0) is 12.7. The molecular formula is C13H25N3O. The molecule has 0 aromatic carbocycles. The van der Waals surface area contributed by atoms with Crippen molar-refractivity contribution in [2.45, 2.75) is 33.7 Å². The van der Waals surface area contributed by atoms with Crippen LogP contribution >= 0.6 is 0 Å². The molecule has 98 valence electrons. The van der Waals surface area contributed by atoms with Crippen molar-refractivity contribution in [3.8, 4) is 0 Å². The Morgan fingerprint density at radius 2 is 2.18 bits per heavy atom. The van der Waals surface area contributed by atoms with Crippen LogP contribution in [-0.2, 0) is 11.3 Å². The second-order valence-corrected chi connectivity index (χ2v) is 4.90. The van der Waals surface area contributed by atoms with Crippen LogP contribution in [0, 0.1) is 11.8 Å². The largest absolute Gasteiger partial charge is 0.385 e. The molecule has 1 aromatic rings. The maximum Gasteiger partial charge on any atom is 0.202 e. The minimum atomic E-state index is 0.656. The van der Waals surface area contributed by atoms with Gasteiger partial charge in [-0.1, -0.05) is 20.8 Å². The predicted octanol–water partition coefficient (Wildman–Crippen LogP) is 2.62. The molecule has 4 nitrogen and oxygen atoms in total. The Bertz CT molecular complexity index is 309. The van der Waals surface area contributed by atoms with Crippen LogP contribution in [0.5, 0.6) is 0 Å². The fourth-order valence-electron chi connectivity index (χ4n) is 1.56. The number of hydrogen-bond acceptors (Lipinski definition) is 3. The minimum Gasteiger partial charge on any atom is -0.385 e. The molecule has 0 aliphatic rings. The van der Waals surface area contributed by atoms with E-state index in [2.05, 4.69) is 35.6 Å². The zero-order valence-electron chi connectivity index (χ0n) is 11.4. The van der Waals surface area contributed by atoms with Crippen molar-refractivity contribution >= 4 is 5.95 Å². The molecule has 0 amide bonds. The number of nitrogens with zero attached hydrogens (tertiary/aromatic N) is 2. The third-order valence-electron chi connectivity index (χ3n) is 3.15. The number of anilines is 1. The van der Waals surface area contributed by atoms with E-state index in [0.29, 0.717) is 11.8 Å². The van der Waals surface area contributed by atoms with E-state index in [-0.39, 0.29) is 0 Å². The van der Waals surface area contributed by atoms with Gasteiger partial charge in [-0.25, -0.2) is 4.98 Å². The van der Waals surface area contributed by atoms with E-state index in [1.54, 1.807) is 7.11 Å². The molecule has 1 N–H and O–H groups in total. The molecule has 0 aliphatic heterocycles. The van der Waals surface area contributed by atoms with Gasteiger partial charge in [0.2, 0.25) is 5.95 Å². The highest BCUT2D eigenvalue weighted by atomic mass is 16.5. The van der Waals surface area contributed by atoms with Gasteiger partial charge in [0, 0.05) is 39.2 Å². The van der Waals surface area contributed by atoms with E-state index in [1.807, 2.05) is 12.4 Å². The van der Waals surface area contributed by atoms with Crippen LogP contribution in [0.3, 0.4) is 0 Å². The maximum atomic E-state index is 5.02. The van der Waals surface area contributed by atoms with E-state index in [0.717, 1.165) is 32.1 Å². The van der Waals surface area contributed by atoms with Crippen molar-refractivity contribution in [1.82, 2.24) is 9.55 Å². The van der Waals surface area contributed by atoms with Gasteiger partial charge < -0.3 is 14.6 Å². The highest BCUT2D eigenvalue weighted by Crippen LogP contribution is 2.15. The normalized spacial score (nSPS) is 13.0. The van der Waals surface area contributed by atoms with E-state index in [1.165, 1.54) is 0 Å². The first-order chi connectivity index (χ1) is 8.15. The summed E-state index contributed by atoms with van der Waals surface area (Å²) < 4.78 is 7.21. The number of methoxy groups -OCH3 is 1. The molecule has 0 bridgehead atoms. The Kier molecular flexibility index (Phi) is 6.05. The molecule has 17 heavy (non-hydrogen) atoms. The third-order valence-corrected chi connectivity index (χ3v) is 3.15. The van der Waals surface area contributed by atoms with Crippen molar-refractivity contribution in [3.63, 3.8) is 0 Å². The summed E-state index contributed by atoms with van der Waals surface area (Å²) in [6.45, 7) is 9.50. The summed E-state index contributed by atoms with van der Waals surface area (Å²) in [7, 11) is 1.73. The standard InChI is InChI=1S/C13H25N3O/c1-11(2)12(3)10-16-8-7-15-13(16)14-6-5-9-17-4/h7-8,11-12H,5-6,9-10H2,1-4H3,(H,14,15). The molecule has 1 unspecified atom stereocenters. The van der Waals surface area contributed by atoms with Crippen LogP contribution in [0.15, 0.2) is 12.4 Å². The number of aromatic nitrogens is 2. The molecule has 1 atom stereocenters. The molecule has 1 aromatic heterocycles. The van der Waals surface area contributed by atoms with Crippen molar-refractivity contribution in [2.24, 2.45) is 11.8 Å². The molecule has 4 heteroatoms. The number of ether oxygens (including phenoxy) is 1. The van der Waals surface area contributed by atoms with Gasteiger partial charge in [0.25, 0.3) is 0 Å². The van der Waals surface area contributed by atoms with Crippen molar-refractivity contribution in [1.29, 1.82) is 0 Å². The summed E-state index contributed by atoms with van der Waals surface area (Å²) in [5, 5.41) is 3.34. The van der Waals surface area contributed by atoms with Gasteiger partial charge in [0.15, 0.2) is 0 Å². The van der Waals surface area contributed by atoms with E-state index in [4.69, 9.17) is 4.74 Å². The van der Waals surface area contributed by atoms with Gasteiger partial charge in [-0.05, 0) is 18.3 Å². The van der Waals surface area contributed by atoms with Crippen LogP contribution in [0.1, 0.15) is 27.2 Å². The Morgan fingerprint density at radius 1 is 1.41 bits per heavy atom. The lowest BCUT2D eigenvalue weighted by Gasteiger charge is -2.18. The van der Waals surface area contributed by atoms with Crippen LogP contribution in [0.4, 0.5) is 5.95 Å². The van der Waals surface area contributed by atoms with Gasteiger partial charge in [0.1, 0.15) is 0 Å². The lowest BCUT2D eigenvalue weighted by molar-refractivity contribution is 0.197. The molecule has 0 saturated heterocycles. The highest BCUT2D eigenvalue weighted by molar-refractivity contribution is 5.25. The van der Waals surface area contributed by atoms with Gasteiger partial charge in [-0.15, -0.1) is 0 Å². The minimum absolute atomic E-state index is 0.656. The van der Waals surface area contributed by atoms with Crippen LogP contribution < -0.4 is 5.32 Å². The first-order valence-corrected chi connectivity index (χ1v) is 6.39. The Hall–Kier alpha value is -1.03. The summed E-state index contributed by atoms with van der Waals surface area (Å²) in [5.41, 5.74) is 0. The van der Waals surface area contributed by atoms with Crippen molar-refractivity contribution < 1.29 is 4.74 Å². The molecule has 0 fully saturated rings. The van der Waals surface area contributed by atoms with Gasteiger partial charge in [-0.2, -0.15) is 0 Å². The maximum absolute atomic E-state index is 5.02.